The van der Waals surface area contributed by atoms with Crippen LogP contribution in [0.15, 0.2) is 36.5 Å². The molecule has 2 aromatic rings. The number of fused-ring (bicyclic) bond motifs is 1. The largest absolute Gasteiger partial charge is 0.465 e. The summed E-state index contributed by atoms with van der Waals surface area (Å²) in [6, 6.07) is 5.52. The molecular weight excluding hydrogens is 399 g/mol. The zero-order valence-corrected chi connectivity index (χ0v) is 16.7. The van der Waals surface area contributed by atoms with Crippen molar-refractivity contribution in [1.29, 1.82) is 0 Å². The Hall–Kier alpha value is -1.24. The number of carbonyl (C=O) groups excluding carboxylic acids is 1. The van der Waals surface area contributed by atoms with Gasteiger partial charge >= 0.3 is 5.97 Å². The van der Waals surface area contributed by atoms with Gasteiger partial charge in [-0.05, 0) is 31.5 Å². The van der Waals surface area contributed by atoms with Crippen molar-refractivity contribution in [3.63, 3.8) is 0 Å². The summed E-state index contributed by atoms with van der Waals surface area (Å²) in [7, 11) is 1.36. The monoisotopic (exact) mass is 420 g/mol. The van der Waals surface area contributed by atoms with Crippen LogP contribution in [0.4, 0.5) is 0 Å². The maximum Gasteiger partial charge on any atom is 0.340 e. The lowest BCUT2D eigenvalue weighted by Crippen LogP contribution is -2.43. The first-order chi connectivity index (χ1) is 11.6. The van der Waals surface area contributed by atoms with E-state index in [2.05, 4.69) is 5.32 Å². The molecule has 8 heteroatoms. The van der Waals surface area contributed by atoms with Crippen molar-refractivity contribution in [2.24, 2.45) is 0 Å². The average molecular weight is 422 g/mol. The molecule has 2 N–H and O–H groups in total. The fourth-order valence-electron chi connectivity index (χ4n) is 3.14. The highest BCUT2D eigenvalue weighted by atomic mass is 35.5. The van der Waals surface area contributed by atoms with Crippen LogP contribution in [-0.2, 0) is 11.3 Å². The standard InChI is InChI=1S/C18H21ClN2O3.2ClH/c1-24-18(23)12-11-21(15-7-2-5-13(19)17(12)15)10-4-6-14-16(22)8-3-9-20-14;;/h2,4-7,11,14,16,20,22H,3,8-10H2,1H3;2*1H/b6-4+;;/t14-,16+;;/m1../s1. The molecule has 1 aliphatic heterocycles. The van der Waals surface area contributed by atoms with Gasteiger partial charge in [0.1, 0.15) is 0 Å². The summed E-state index contributed by atoms with van der Waals surface area (Å²) in [5.41, 5.74) is 1.34. The number of aliphatic hydroxyl groups is 1. The van der Waals surface area contributed by atoms with E-state index in [0.717, 1.165) is 24.9 Å². The van der Waals surface area contributed by atoms with Crippen molar-refractivity contribution in [2.45, 2.75) is 31.5 Å². The third kappa shape index (κ3) is 4.72. The number of esters is 1. The van der Waals surface area contributed by atoms with E-state index in [1.54, 1.807) is 12.3 Å². The molecule has 5 nitrogen and oxygen atoms in total. The van der Waals surface area contributed by atoms with Gasteiger partial charge in [0, 0.05) is 18.1 Å². The van der Waals surface area contributed by atoms with E-state index < -0.39 is 5.97 Å². The molecule has 3 rings (SSSR count). The van der Waals surface area contributed by atoms with Gasteiger partial charge in [0.2, 0.25) is 0 Å². The number of hydrogen-bond donors (Lipinski definition) is 2. The van der Waals surface area contributed by atoms with Crippen molar-refractivity contribution >= 4 is 53.3 Å². The Labute approximate surface area is 170 Å². The SMILES string of the molecule is COC(=O)c1cn(C/C=C/[C@H]2NCCC[C@@H]2O)c2cccc(Cl)c12.Cl.Cl. The highest BCUT2D eigenvalue weighted by Gasteiger charge is 2.20. The van der Waals surface area contributed by atoms with E-state index in [0.29, 0.717) is 22.5 Å². The normalized spacial score (nSPS) is 19.8. The lowest BCUT2D eigenvalue weighted by Gasteiger charge is -2.26. The second-order valence-electron chi connectivity index (χ2n) is 5.94. The molecule has 0 bridgehead atoms. The number of aromatic nitrogens is 1. The minimum atomic E-state index is -0.403. The summed E-state index contributed by atoms with van der Waals surface area (Å²) in [6.07, 6.45) is 7.20. The van der Waals surface area contributed by atoms with Crippen LogP contribution in [0.3, 0.4) is 0 Å². The Balaban J connectivity index is 0.00000169. The first-order valence-corrected chi connectivity index (χ1v) is 8.43. The van der Waals surface area contributed by atoms with Gasteiger partial charge in [0.15, 0.2) is 0 Å². The molecule has 1 aliphatic rings. The van der Waals surface area contributed by atoms with Crippen LogP contribution in [0.25, 0.3) is 10.9 Å². The maximum atomic E-state index is 12.0. The number of rotatable bonds is 4. The molecule has 2 heterocycles. The van der Waals surface area contributed by atoms with Crippen molar-refractivity contribution in [3.05, 3.63) is 47.1 Å². The van der Waals surface area contributed by atoms with Crippen molar-refractivity contribution in [3.8, 4) is 0 Å². The van der Waals surface area contributed by atoms with E-state index in [4.69, 9.17) is 16.3 Å². The van der Waals surface area contributed by atoms with Gasteiger partial charge in [-0.25, -0.2) is 4.79 Å². The van der Waals surface area contributed by atoms with Crippen molar-refractivity contribution in [1.82, 2.24) is 9.88 Å². The molecule has 0 amide bonds. The highest BCUT2D eigenvalue weighted by Crippen LogP contribution is 2.29. The third-order valence-electron chi connectivity index (χ3n) is 4.38. The number of hydrogen-bond acceptors (Lipinski definition) is 4. The number of methoxy groups -OCH3 is 1. The Morgan fingerprint density at radius 2 is 2.23 bits per heavy atom. The second-order valence-corrected chi connectivity index (χ2v) is 6.35. The first-order valence-electron chi connectivity index (χ1n) is 8.05. The molecule has 1 saturated heterocycles. The molecule has 0 radical (unpaired) electrons. The number of aliphatic hydroxyl groups excluding tert-OH is 1. The lowest BCUT2D eigenvalue weighted by molar-refractivity contribution is 0.0602. The van der Waals surface area contributed by atoms with Gasteiger partial charge in [-0.2, -0.15) is 0 Å². The third-order valence-corrected chi connectivity index (χ3v) is 4.69. The van der Waals surface area contributed by atoms with Crippen molar-refractivity contribution in [2.75, 3.05) is 13.7 Å². The fourth-order valence-corrected chi connectivity index (χ4v) is 3.41. The van der Waals surface area contributed by atoms with Crippen LogP contribution in [0, 0.1) is 0 Å². The smallest absolute Gasteiger partial charge is 0.340 e. The van der Waals surface area contributed by atoms with Gasteiger partial charge in [-0.3, -0.25) is 0 Å². The predicted molar refractivity (Wildman–Crippen MR) is 109 cm³/mol. The summed E-state index contributed by atoms with van der Waals surface area (Å²) in [4.78, 5) is 12.0. The molecule has 26 heavy (non-hydrogen) atoms. The van der Waals surface area contributed by atoms with Crippen LogP contribution in [0.2, 0.25) is 5.02 Å². The van der Waals surface area contributed by atoms with Crippen LogP contribution in [0.1, 0.15) is 23.2 Å². The summed E-state index contributed by atoms with van der Waals surface area (Å²) < 4.78 is 6.81. The van der Waals surface area contributed by atoms with Gasteiger partial charge < -0.3 is 19.7 Å². The van der Waals surface area contributed by atoms with Gasteiger partial charge in [0.05, 0.1) is 35.4 Å². The van der Waals surface area contributed by atoms with Gasteiger partial charge in [-0.15, -0.1) is 24.8 Å². The minimum Gasteiger partial charge on any atom is -0.465 e. The number of benzene rings is 1. The number of nitrogens with one attached hydrogen (secondary N) is 1. The van der Waals surface area contributed by atoms with E-state index in [1.807, 2.05) is 28.9 Å². The Bertz CT molecular complexity index is 776. The lowest BCUT2D eigenvalue weighted by atomic mass is 10.0. The molecule has 0 saturated carbocycles. The minimum absolute atomic E-state index is 0. The first kappa shape index (κ1) is 22.8. The highest BCUT2D eigenvalue weighted by molar-refractivity contribution is 6.36. The Kier molecular flexibility index (Phi) is 8.93. The molecule has 144 valence electrons. The Morgan fingerprint density at radius 3 is 2.92 bits per heavy atom. The van der Waals surface area contributed by atoms with Crippen LogP contribution in [0.5, 0.6) is 0 Å². The summed E-state index contributed by atoms with van der Waals surface area (Å²) >= 11 is 6.27. The summed E-state index contributed by atoms with van der Waals surface area (Å²) in [5.74, 6) is -0.403. The van der Waals surface area contributed by atoms with Crippen LogP contribution < -0.4 is 5.32 Å². The molecule has 0 unspecified atom stereocenters. The molecule has 1 fully saturated rings. The Morgan fingerprint density at radius 1 is 1.46 bits per heavy atom. The average Bonchev–Trinajstić information content (AvgIpc) is 2.96. The molecule has 0 spiro atoms. The molecule has 1 aromatic carbocycles. The van der Waals surface area contributed by atoms with E-state index in [-0.39, 0.29) is 37.0 Å². The van der Waals surface area contributed by atoms with Crippen molar-refractivity contribution < 1.29 is 14.6 Å². The topological polar surface area (TPSA) is 63.5 Å². The molecule has 1 aromatic heterocycles. The number of halogens is 3. The zero-order chi connectivity index (χ0) is 17.1. The van der Waals surface area contributed by atoms with E-state index in [1.165, 1.54) is 7.11 Å². The molecule has 2 atom stereocenters. The number of ether oxygens (including phenoxy) is 1. The molecule has 0 aliphatic carbocycles. The number of piperidine rings is 1. The van der Waals surface area contributed by atoms with Crippen LogP contribution >= 0.6 is 36.4 Å². The zero-order valence-electron chi connectivity index (χ0n) is 14.4. The number of carbonyl (C=O) groups is 1. The van der Waals surface area contributed by atoms with E-state index in [9.17, 15) is 9.90 Å². The molecular formula is C18H23Cl3N2O3. The summed E-state index contributed by atoms with van der Waals surface area (Å²) in [6.45, 7) is 1.50. The van der Waals surface area contributed by atoms with Crippen LogP contribution in [-0.4, -0.2) is 41.4 Å². The number of allylic oxidation sites excluding steroid dienone is 1. The van der Waals surface area contributed by atoms with Gasteiger partial charge in [0.25, 0.3) is 0 Å². The number of nitrogens with zero attached hydrogens (tertiary/aromatic N) is 1. The van der Waals surface area contributed by atoms with E-state index >= 15 is 0 Å². The van der Waals surface area contributed by atoms with Gasteiger partial charge in [-0.1, -0.05) is 29.8 Å². The predicted octanol–water partition coefficient (Wildman–Crippen LogP) is 3.59. The second kappa shape index (κ2) is 10.2. The quantitative estimate of drug-likeness (QED) is 0.585. The summed E-state index contributed by atoms with van der Waals surface area (Å²) in [5, 5.41) is 14.5. The fraction of sp³-hybridized carbons (Fsp3) is 0.389. The maximum absolute atomic E-state index is 12.0.